The molecular weight excluding hydrogens is 531 g/mol. The number of sulfonamides is 1. The highest BCUT2D eigenvalue weighted by molar-refractivity contribution is 7.89. The molecule has 0 radical (unpaired) electrons. The fraction of sp³-hybridized carbons (Fsp3) is 0.500. The van der Waals surface area contributed by atoms with Gasteiger partial charge in [0.15, 0.2) is 0 Å². The van der Waals surface area contributed by atoms with Gasteiger partial charge in [-0.3, -0.25) is 9.88 Å². The number of amides is 2. The van der Waals surface area contributed by atoms with Gasteiger partial charge in [-0.15, -0.1) is 11.6 Å². The molecule has 2 N–H and O–H groups in total. The summed E-state index contributed by atoms with van der Waals surface area (Å²) in [6.45, 7) is 1.39. The first-order chi connectivity index (χ1) is 17.5. The maximum absolute atomic E-state index is 13.3. The van der Waals surface area contributed by atoms with Crippen molar-refractivity contribution in [3.05, 3.63) is 54.4 Å². The molecule has 2 fully saturated rings. The minimum Gasteiger partial charge on any atom is -0.334 e. The third kappa shape index (κ3) is 6.92. The Morgan fingerprint density at radius 3 is 2.41 bits per heavy atom. The summed E-state index contributed by atoms with van der Waals surface area (Å²) in [5, 5.41) is 4.44. The molecule has 1 saturated heterocycles. The second-order valence-corrected chi connectivity index (χ2v) is 11.8. The van der Waals surface area contributed by atoms with E-state index in [0.29, 0.717) is 31.7 Å². The molecule has 1 saturated carbocycles. The van der Waals surface area contributed by atoms with E-state index in [1.807, 2.05) is 11.0 Å². The lowest BCUT2D eigenvalue weighted by Crippen LogP contribution is -2.54. The number of carbonyl (C=O) groups excluding carboxylic acids is 1. The number of carbonyl (C=O) groups is 1. The lowest BCUT2D eigenvalue weighted by atomic mass is 9.84. The average Bonchev–Trinajstić information content (AvgIpc) is 2.88. The van der Waals surface area contributed by atoms with Crippen LogP contribution in [0.1, 0.15) is 24.8 Å². The number of pyridine rings is 1. The second kappa shape index (κ2) is 11.5. The van der Waals surface area contributed by atoms with Crippen molar-refractivity contribution in [2.45, 2.75) is 48.3 Å². The van der Waals surface area contributed by atoms with Gasteiger partial charge in [0, 0.05) is 62.2 Å². The van der Waals surface area contributed by atoms with Crippen LogP contribution in [0.5, 0.6) is 0 Å². The maximum Gasteiger partial charge on any atom is 0.393 e. The summed E-state index contributed by atoms with van der Waals surface area (Å²) < 4.78 is 67.6. The van der Waals surface area contributed by atoms with Crippen LogP contribution in [0.4, 0.5) is 23.7 Å². The summed E-state index contributed by atoms with van der Waals surface area (Å²) in [7, 11) is -3.78. The number of rotatable bonds is 6. The molecule has 2 heterocycles. The Balaban J connectivity index is 1.29. The summed E-state index contributed by atoms with van der Waals surface area (Å²) in [6.07, 6.45) is -0.262. The molecule has 8 nitrogen and oxygen atoms in total. The number of halogens is 4. The van der Waals surface area contributed by atoms with Crippen molar-refractivity contribution in [1.29, 1.82) is 0 Å². The number of aromatic nitrogens is 1. The standard InChI is InChI=1S/C24H29ClF3N5O3S/c25-22-8-5-19(14-21(22)24(26,27)28)32-10-12-33(13-11-32)37(35,36)20-6-3-18(4-7-20)31-23(34)30-16-17-2-1-9-29-15-17/h1-4,6-7,9,15,19,21-22H,5,8,10-14,16H2,(H2,30,31,34). The molecule has 4 rings (SSSR count). The molecule has 2 aliphatic rings. The number of piperazine rings is 1. The first-order valence-electron chi connectivity index (χ1n) is 12.0. The Hall–Kier alpha value is -2.41. The Morgan fingerprint density at radius 1 is 1.08 bits per heavy atom. The molecule has 3 unspecified atom stereocenters. The molecule has 13 heteroatoms. The molecule has 1 aliphatic carbocycles. The second-order valence-electron chi connectivity index (χ2n) is 9.26. The molecule has 202 valence electrons. The van der Waals surface area contributed by atoms with Crippen molar-refractivity contribution in [3.63, 3.8) is 0 Å². The summed E-state index contributed by atoms with van der Waals surface area (Å²) in [5.41, 5.74) is 1.27. The van der Waals surface area contributed by atoms with E-state index >= 15 is 0 Å². The number of nitrogens with one attached hydrogen (secondary N) is 2. The van der Waals surface area contributed by atoms with Gasteiger partial charge in [0.1, 0.15) is 0 Å². The van der Waals surface area contributed by atoms with Gasteiger partial charge in [-0.05, 0) is 55.2 Å². The van der Waals surface area contributed by atoms with Crippen molar-refractivity contribution in [3.8, 4) is 0 Å². The van der Waals surface area contributed by atoms with Crippen LogP contribution in [-0.4, -0.2) is 72.4 Å². The van der Waals surface area contributed by atoms with Crippen LogP contribution < -0.4 is 10.6 Å². The number of urea groups is 1. The maximum atomic E-state index is 13.3. The van der Waals surface area contributed by atoms with Crippen LogP contribution in [-0.2, 0) is 16.6 Å². The molecule has 1 aliphatic heterocycles. The van der Waals surface area contributed by atoms with Crippen LogP contribution in [0.15, 0.2) is 53.7 Å². The van der Waals surface area contributed by atoms with Gasteiger partial charge in [-0.1, -0.05) is 6.07 Å². The highest BCUT2D eigenvalue weighted by Gasteiger charge is 2.48. The molecule has 2 amide bonds. The number of benzene rings is 1. The largest absolute Gasteiger partial charge is 0.393 e. The van der Waals surface area contributed by atoms with Gasteiger partial charge in [-0.2, -0.15) is 17.5 Å². The van der Waals surface area contributed by atoms with Crippen LogP contribution in [0.3, 0.4) is 0 Å². The zero-order chi connectivity index (χ0) is 26.6. The topological polar surface area (TPSA) is 94.6 Å². The van der Waals surface area contributed by atoms with Gasteiger partial charge in [0.2, 0.25) is 10.0 Å². The van der Waals surface area contributed by atoms with E-state index in [1.165, 1.54) is 28.6 Å². The van der Waals surface area contributed by atoms with Gasteiger partial charge >= 0.3 is 12.2 Å². The van der Waals surface area contributed by atoms with Gasteiger partial charge < -0.3 is 10.6 Å². The molecule has 37 heavy (non-hydrogen) atoms. The Kier molecular flexibility index (Phi) is 8.62. The Morgan fingerprint density at radius 2 is 1.78 bits per heavy atom. The fourth-order valence-corrected chi connectivity index (χ4v) is 6.60. The third-order valence-corrected chi connectivity index (χ3v) is 9.31. The highest BCUT2D eigenvalue weighted by Crippen LogP contribution is 2.42. The van der Waals surface area contributed by atoms with E-state index in [4.69, 9.17) is 11.6 Å². The number of nitrogens with zero attached hydrogens (tertiary/aromatic N) is 3. The average molecular weight is 560 g/mol. The fourth-order valence-electron chi connectivity index (χ4n) is 4.81. The lowest BCUT2D eigenvalue weighted by molar-refractivity contribution is -0.185. The predicted octanol–water partition coefficient (Wildman–Crippen LogP) is 4.05. The van der Waals surface area contributed by atoms with E-state index in [0.717, 1.165) is 5.56 Å². The van der Waals surface area contributed by atoms with E-state index in [1.54, 1.807) is 18.5 Å². The molecule has 0 bridgehead atoms. The van der Waals surface area contributed by atoms with E-state index in [-0.39, 0.29) is 36.9 Å². The molecule has 0 spiro atoms. The van der Waals surface area contributed by atoms with Crippen molar-refractivity contribution >= 4 is 33.3 Å². The van der Waals surface area contributed by atoms with Crippen molar-refractivity contribution < 1.29 is 26.4 Å². The molecule has 1 aromatic carbocycles. The molecule has 1 aromatic heterocycles. The summed E-state index contributed by atoms with van der Waals surface area (Å²) in [5.74, 6) is -1.54. The van der Waals surface area contributed by atoms with Gasteiger partial charge in [0.05, 0.1) is 10.8 Å². The van der Waals surface area contributed by atoms with Crippen LogP contribution >= 0.6 is 11.6 Å². The van der Waals surface area contributed by atoms with Crippen molar-refractivity contribution in [2.75, 3.05) is 31.5 Å². The number of hydrogen-bond donors (Lipinski definition) is 2. The predicted molar refractivity (Wildman–Crippen MR) is 134 cm³/mol. The molecule has 2 aromatic rings. The van der Waals surface area contributed by atoms with Crippen LogP contribution in [0.2, 0.25) is 0 Å². The van der Waals surface area contributed by atoms with Crippen molar-refractivity contribution in [1.82, 2.24) is 19.5 Å². The van der Waals surface area contributed by atoms with Crippen molar-refractivity contribution in [2.24, 2.45) is 5.92 Å². The van der Waals surface area contributed by atoms with E-state index in [9.17, 15) is 26.4 Å². The zero-order valence-electron chi connectivity index (χ0n) is 20.0. The van der Waals surface area contributed by atoms with Gasteiger partial charge in [0.25, 0.3) is 0 Å². The molecular formula is C24H29ClF3N5O3S. The first-order valence-corrected chi connectivity index (χ1v) is 13.9. The zero-order valence-corrected chi connectivity index (χ0v) is 21.6. The monoisotopic (exact) mass is 559 g/mol. The van der Waals surface area contributed by atoms with E-state index < -0.39 is 33.5 Å². The molecule has 3 atom stereocenters. The van der Waals surface area contributed by atoms with Gasteiger partial charge in [-0.25, -0.2) is 13.2 Å². The summed E-state index contributed by atoms with van der Waals surface area (Å²) >= 11 is 5.95. The van der Waals surface area contributed by atoms with Crippen LogP contribution in [0, 0.1) is 5.92 Å². The minimum atomic E-state index is -4.34. The highest BCUT2D eigenvalue weighted by atomic mass is 35.5. The number of anilines is 1. The smallest absolute Gasteiger partial charge is 0.334 e. The quantitative estimate of drug-likeness (QED) is 0.521. The summed E-state index contributed by atoms with van der Waals surface area (Å²) in [6, 6.07) is 8.76. The Labute approximate surface area is 219 Å². The lowest BCUT2D eigenvalue weighted by Gasteiger charge is -2.43. The first kappa shape index (κ1) is 27.6. The SMILES string of the molecule is O=C(NCc1cccnc1)Nc1ccc(S(=O)(=O)N2CCN(C3CCC(Cl)C(C(F)(F)F)C3)CC2)cc1. The number of alkyl halides is 4. The number of hydrogen-bond acceptors (Lipinski definition) is 5. The Bertz CT molecular complexity index is 1160. The normalized spacial score (nSPS) is 23.9. The van der Waals surface area contributed by atoms with E-state index in [2.05, 4.69) is 15.6 Å². The third-order valence-electron chi connectivity index (χ3n) is 6.87. The van der Waals surface area contributed by atoms with Crippen LogP contribution in [0.25, 0.3) is 0 Å². The minimum absolute atomic E-state index is 0.0608. The summed E-state index contributed by atoms with van der Waals surface area (Å²) in [4.78, 5) is 18.1.